The van der Waals surface area contributed by atoms with Gasteiger partial charge >= 0.3 is 0 Å². The fourth-order valence-corrected chi connectivity index (χ4v) is 4.67. The maximum Gasteiger partial charge on any atom is 0.279 e. The Morgan fingerprint density at radius 3 is 2.67 bits per heavy atom. The summed E-state index contributed by atoms with van der Waals surface area (Å²) in [4.78, 5) is 17.6. The molecule has 3 rings (SSSR count). The van der Waals surface area contributed by atoms with E-state index in [0.717, 1.165) is 27.6 Å². The largest absolute Gasteiger partial charge is 0.312 e. The highest BCUT2D eigenvalue weighted by Gasteiger charge is 2.13. The highest BCUT2D eigenvalue weighted by Crippen LogP contribution is 2.23. The highest BCUT2D eigenvalue weighted by molar-refractivity contribution is 7.90. The molecular weight excluding hydrogens is 380 g/mol. The molecule has 0 unspecified atom stereocenters. The number of hydrogen-bond donors (Lipinski definition) is 0. The summed E-state index contributed by atoms with van der Waals surface area (Å²) in [6.45, 7) is 8.38. The van der Waals surface area contributed by atoms with Crippen LogP contribution >= 0.6 is 11.3 Å². The Hall–Kier alpha value is -2.51. The van der Waals surface area contributed by atoms with Crippen LogP contribution in [0.4, 0.5) is 0 Å². The second kappa shape index (κ2) is 7.25. The van der Waals surface area contributed by atoms with Gasteiger partial charge in [0, 0.05) is 18.4 Å². The summed E-state index contributed by atoms with van der Waals surface area (Å²) in [5.41, 5.74) is 3.51. The molecule has 0 spiro atoms. The number of aryl methyl sites for hydroxylation is 2. The van der Waals surface area contributed by atoms with Crippen LogP contribution in [0.5, 0.6) is 0 Å². The smallest absolute Gasteiger partial charge is 0.279 e. The van der Waals surface area contributed by atoms with Gasteiger partial charge in [-0.15, -0.1) is 6.58 Å². The number of carbonyl (C=O) groups is 1. The summed E-state index contributed by atoms with van der Waals surface area (Å²) < 4.78 is 26.5. The number of rotatable bonds is 4. The van der Waals surface area contributed by atoms with Crippen molar-refractivity contribution in [3.63, 3.8) is 0 Å². The van der Waals surface area contributed by atoms with Crippen LogP contribution in [0, 0.1) is 13.8 Å². The highest BCUT2D eigenvalue weighted by atomic mass is 32.2. The zero-order chi connectivity index (χ0) is 19.8. The van der Waals surface area contributed by atoms with Crippen LogP contribution < -0.4 is 4.80 Å². The van der Waals surface area contributed by atoms with Crippen LogP contribution in [0.25, 0.3) is 10.2 Å². The van der Waals surface area contributed by atoms with E-state index in [9.17, 15) is 13.2 Å². The number of amides is 1. The van der Waals surface area contributed by atoms with E-state index >= 15 is 0 Å². The van der Waals surface area contributed by atoms with Crippen molar-refractivity contribution in [2.24, 2.45) is 4.99 Å². The Bertz CT molecular complexity index is 1230. The fraction of sp³-hybridized carbons (Fsp3) is 0.200. The van der Waals surface area contributed by atoms with Crippen molar-refractivity contribution in [1.82, 2.24) is 4.57 Å². The maximum absolute atomic E-state index is 12.7. The van der Waals surface area contributed by atoms with Crippen molar-refractivity contribution in [3.05, 3.63) is 70.5 Å². The molecule has 2 aromatic carbocycles. The molecule has 0 radical (unpaired) electrons. The van der Waals surface area contributed by atoms with Crippen LogP contribution in [-0.2, 0) is 16.4 Å². The van der Waals surface area contributed by atoms with Crippen molar-refractivity contribution in [1.29, 1.82) is 0 Å². The van der Waals surface area contributed by atoms with Crippen molar-refractivity contribution in [2.75, 3.05) is 6.26 Å². The van der Waals surface area contributed by atoms with E-state index in [1.165, 1.54) is 23.5 Å². The van der Waals surface area contributed by atoms with Crippen molar-refractivity contribution >= 4 is 37.3 Å². The molecule has 0 fully saturated rings. The summed E-state index contributed by atoms with van der Waals surface area (Å²) in [5.74, 6) is -0.473. The molecule has 1 amide bonds. The molecule has 3 aromatic rings. The summed E-state index contributed by atoms with van der Waals surface area (Å²) in [5, 5.41) is 0. The number of thiazole rings is 1. The topological polar surface area (TPSA) is 68.5 Å². The van der Waals surface area contributed by atoms with E-state index in [0.29, 0.717) is 11.3 Å². The van der Waals surface area contributed by atoms with E-state index < -0.39 is 15.7 Å². The average molecular weight is 401 g/mol. The Morgan fingerprint density at radius 2 is 2.00 bits per heavy atom. The van der Waals surface area contributed by atoms with Crippen molar-refractivity contribution in [2.45, 2.75) is 25.3 Å². The quantitative estimate of drug-likeness (QED) is 0.628. The predicted molar refractivity (Wildman–Crippen MR) is 109 cm³/mol. The van der Waals surface area contributed by atoms with Gasteiger partial charge in [0.1, 0.15) is 0 Å². The second-order valence-electron chi connectivity index (χ2n) is 6.43. The molecule has 0 aliphatic heterocycles. The molecule has 7 heteroatoms. The Balaban J connectivity index is 2.18. The van der Waals surface area contributed by atoms with Gasteiger partial charge in [-0.2, -0.15) is 4.99 Å². The lowest BCUT2D eigenvalue weighted by atomic mass is 10.1. The van der Waals surface area contributed by atoms with Gasteiger partial charge in [-0.05, 0) is 49.2 Å². The van der Waals surface area contributed by atoms with Crippen molar-refractivity contribution in [3.8, 4) is 0 Å². The van der Waals surface area contributed by atoms with E-state index in [4.69, 9.17) is 0 Å². The number of carbonyl (C=O) groups excluding carboxylic acids is 1. The molecule has 1 heterocycles. The molecule has 0 saturated heterocycles. The van der Waals surface area contributed by atoms with Gasteiger partial charge in [0.2, 0.25) is 0 Å². The summed E-state index contributed by atoms with van der Waals surface area (Å²) in [6, 6.07) is 10.1. The van der Waals surface area contributed by atoms with Crippen LogP contribution in [0.2, 0.25) is 0 Å². The fourth-order valence-electron chi connectivity index (χ4n) is 2.91. The Morgan fingerprint density at radius 1 is 1.26 bits per heavy atom. The molecular formula is C20H20N2O3S2. The first kappa shape index (κ1) is 19.3. The van der Waals surface area contributed by atoms with Crippen molar-refractivity contribution < 1.29 is 13.2 Å². The predicted octanol–water partition coefficient (Wildman–Crippen LogP) is 3.65. The number of hydrogen-bond acceptors (Lipinski definition) is 4. The molecule has 27 heavy (non-hydrogen) atoms. The zero-order valence-electron chi connectivity index (χ0n) is 15.4. The molecule has 0 N–H and O–H groups in total. The lowest BCUT2D eigenvalue weighted by Crippen LogP contribution is -2.16. The van der Waals surface area contributed by atoms with Gasteiger partial charge in [0.15, 0.2) is 14.6 Å². The number of benzene rings is 2. The Kier molecular flexibility index (Phi) is 5.17. The summed E-state index contributed by atoms with van der Waals surface area (Å²) in [7, 11) is -3.39. The molecule has 140 valence electrons. The molecule has 0 aliphatic rings. The average Bonchev–Trinajstić information content (AvgIpc) is 2.93. The summed E-state index contributed by atoms with van der Waals surface area (Å²) in [6.07, 6.45) is 2.88. The maximum atomic E-state index is 12.7. The molecule has 1 aromatic heterocycles. The minimum atomic E-state index is -3.39. The van der Waals surface area contributed by atoms with Gasteiger partial charge in [0.25, 0.3) is 5.91 Å². The molecule has 5 nitrogen and oxygen atoms in total. The molecule has 0 aliphatic carbocycles. The van der Waals surface area contributed by atoms with E-state index in [2.05, 4.69) is 23.7 Å². The number of nitrogens with zero attached hydrogens (tertiary/aromatic N) is 2. The summed E-state index contributed by atoms with van der Waals surface area (Å²) >= 11 is 1.44. The van der Waals surface area contributed by atoms with Gasteiger partial charge in [-0.1, -0.05) is 29.5 Å². The van der Waals surface area contributed by atoms with Gasteiger partial charge in [0.05, 0.1) is 15.1 Å². The lowest BCUT2D eigenvalue weighted by molar-refractivity contribution is 0.0997. The minimum absolute atomic E-state index is 0.102. The van der Waals surface area contributed by atoms with Crippen LogP contribution in [-0.4, -0.2) is 25.1 Å². The zero-order valence-corrected chi connectivity index (χ0v) is 17.0. The molecule has 0 atom stereocenters. The van der Waals surface area contributed by atoms with E-state index in [1.807, 2.05) is 18.4 Å². The third-order valence-electron chi connectivity index (χ3n) is 4.13. The van der Waals surface area contributed by atoms with Crippen LogP contribution in [0.1, 0.15) is 21.5 Å². The van der Waals surface area contributed by atoms with E-state index in [-0.39, 0.29) is 10.5 Å². The lowest BCUT2D eigenvalue weighted by Gasteiger charge is -2.04. The van der Waals surface area contributed by atoms with E-state index in [1.54, 1.807) is 18.2 Å². The van der Waals surface area contributed by atoms with Crippen LogP contribution in [0.15, 0.2) is 58.9 Å². The van der Waals surface area contributed by atoms with Gasteiger partial charge in [-0.3, -0.25) is 4.79 Å². The number of fused-ring (bicyclic) bond motifs is 1. The van der Waals surface area contributed by atoms with Crippen LogP contribution in [0.3, 0.4) is 0 Å². The Labute approximate surface area is 162 Å². The monoisotopic (exact) mass is 400 g/mol. The second-order valence-corrected chi connectivity index (χ2v) is 9.42. The first-order chi connectivity index (χ1) is 12.7. The molecule has 0 saturated carbocycles. The first-order valence-electron chi connectivity index (χ1n) is 8.31. The normalized spacial score (nSPS) is 12.5. The molecule has 0 bridgehead atoms. The SMILES string of the molecule is C=CCn1c(=NC(=O)c2cccc(S(C)(=O)=O)c2)sc2c(C)cc(C)cc21. The van der Waals surface area contributed by atoms with Gasteiger partial charge < -0.3 is 4.57 Å². The van der Waals surface area contributed by atoms with Gasteiger partial charge in [-0.25, -0.2) is 8.42 Å². The third-order valence-corrected chi connectivity index (χ3v) is 6.47. The number of aromatic nitrogens is 1. The number of sulfone groups is 1. The number of allylic oxidation sites excluding steroid dienone is 1. The standard InChI is InChI=1S/C20H20N2O3S2/c1-5-9-22-17-11-13(2)10-14(3)18(17)26-20(22)21-19(23)15-7-6-8-16(12-15)27(4,24)25/h5-8,10-12H,1,9H2,2-4H3. The minimum Gasteiger partial charge on any atom is -0.312 e. The third kappa shape index (κ3) is 3.94. The first-order valence-corrected chi connectivity index (χ1v) is 11.0.